The largest absolute Gasteiger partial charge is 1.00 e. The summed E-state index contributed by atoms with van der Waals surface area (Å²) in [5, 5.41) is 7.06. The van der Waals surface area contributed by atoms with Gasteiger partial charge in [-0.05, 0) is 11.6 Å². The van der Waals surface area contributed by atoms with Gasteiger partial charge in [-0.2, -0.15) is 0 Å². The average molecular weight is 246 g/mol. The van der Waals surface area contributed by atoms with Gasteiger partial charge in [0.25, 0.3) is 0 Å². The molecular weight excluding hydrogens is 237 g/mol. The summed E-state index contributed by atoms with van der Waals surface area (Å²) in [6.07, 6.45) is 0. The van der Waals surface area contributed by atoms with Gasteiger partial charge in [0.2, 0.25) is 0 Å². The molecule has 0 saturated carbocycles. The Bertz CT molecular complexity index is 382. The molecule has 0 saturated heterocycles. The molecular formula is C7H9ClNNaO3S. The molecule has 0 radical (unpaired) electrons. The molecule has 4 nitrogen and oxygen atoms in total. The monoisotopic (exact) mass is 245 g/mol. The number of sulfonamides is 1. The predicted molar refractivity (Wildman–Crippen MR) is 52.0 cm³/mol. The van der Waals surface area contributed by atoms with Crippen LogP contribution in [-0.4, -0.2) is 13.9 Å². The van der Waals surface area contributed by atoms with Crippen LogP contribution >= 0.6 is 11.6 Å². The summed E-state index contributed by atoms with van der Waals surface area (Å²) in [6.45, 7) is 0. The third kappa shape index (κ3) is 5.98. The van der Waals surface area contributed by atoms with Crippen molar-refractivity contribution in [3.63, 3.8) is 0 Å². The maximum atomic E-state index is 10.6. The van der Waals surface area contributed by atoms with Crippen LogP contribution in [0.25, 0.3) is 5.14 Å². The molecule has 3 N–H and O–H groups in total. The molecule has 0 atom stereocenters. The molecule has 14 heavy (non-hydrogen) atoms. The summed E-state index contributed by atoms with van der Waals surface area (Å²) in [6, 6.07) is 6.59. The third-order valence-corrected chi connectivity index (χ3v) is 2.36. The van der Waals surface area contributed by atoms with Crippen molar-refractivity contribution in [1.82, 2.24) is 0 Å². The first-order valence-corrected chi connectivity index (χ1v) is 5.23. The van der Waals surface area contributed by atoms with Crippen molar-refractivity contribution < 1.29 is 43.5 Å². The normalized spacial score (nSPS) is 9.86. The van der Waals surface area contributed by atoms with Gasteiger partial charge < -0.3 is 10.6 Å². The van der Waals surface area contributed by atoms with Gasteiger partial charge in [-0.25, -0.2) is 8.42 Å². The summed E-state index contributed by atoms with van der Waals surface area (Å²) in [4.78, 5) is 0. The van der Waals surface area contributed by atoms with Crippen molar-refractivity contribution in [3.05, 3.63) is 40.0 Å². The van der Waals surface area contributed by atoms with Gasteiger partial charge in [0.15, 0.2) is 0 Å². The molecule has 0 amide bonds. The Morgan fingerprint density at radius 2 is 1.79 bits per heavy atom. The number of nitrogens with one attached hydrogen (secondary N) is 1. The van der Waals surface area contributed by atoms with Crippen LogP contribution in [-0.2, 0) is 15.8 Å². The quantitative estimate of drug-likeness (QED) is 0.588. The van der Waals surface area contributed by atoms with E-state index >= 15 is 0 Å². The molecule has 1 aromatic carbocycles. The van der Waals surface area contributed by atoms with Crippen molar-refractivity contribution in [2.75, 3.05) is 0 Å². The Balaban J connectivity index is 0. The summed E-state index contributed by atoms with van der Waals surface area (Å²) in [7, 11) is -3.73. The Labute approximate surface area is 110 Å². The molecule has 0 fully saturated rings. The molecule has 0 aromatic heterocycles. The van der Waals surface area contributed by atoms with E-state index in [1.54, 1.807) is 24.3 Å². The van der Waals surface area contributed by atoms with Crippen LogP contribution in [0.15, 0.2) is 24.3 Å². The van der Waals surface area contributed by atoms with Crippen molar-refractivity contribution in [3.8, 4) is 0 Å². The molecule has 0 aliphatic rings. The van der Waals surface area contributed by atoms with Crippen LogP contribution in [0.3, 0.4) is 0 Å². The van der Waals surface area contributed by atoms with Gasteiger partial charge in [0, 0.05) is 5.02 Å². The molecule has 1 aromatic rings. The van der Waals surface area contributed by atoms with E-state index in [0.29, 0.717) is 10.6 Å². The van der Waals surface area contributed by atoms with Gasteiger partial charge in [0.1, 0.15) is 0 Å². The topological polar surface area (TPSA) is 89.4 Å². The van der Waals surface area contributed by atoms with Crippen LogP contribution in [0.4, 0.5) is 0 Å². The first-order valence-electron chi connectivity index (χ1n) is 3.20. The maximum Gasteiger partial charge on any atom is 1.00 e. The number of benzene rings is 1. The SMILES string of the molecule is O.[NH-]S(=O)(=O)Cc1ccccc1Cl.[Na+]. The fourth-order valence-electron chi connectivity index (χ4n) is 0.820. The summed E-state index contributed by atoms with van der Waals surface area (Å²) < 4.78 is 21.1. The van der Waals surface area contributed by atoms with Crippen LogP contribution in [0.5, 0.6) is 0 Å². The summed E-state index contributed by atoms with van der Waals surface area (Å²) in [5.74, 6) is -0.327. The van der Waals surface area contributed by atoms with Crippen LogP contribution in [0.1, 0.15) is 5.56 Å². The van der Waals surface area contributed by atoms with E-state index in [9.17, 15) is 8.42 Å². The Hall–Kier alpha value is 0.380. The van der Waals surface area contributed by atoms with Gasteiger partial charge >= 0.3 is 29.6 Å². The average Bonchev–Trinajstić information content (AvgIpc) is 1.91. The number of hydrogen-bond acceptors (Lipinski definition) is 2. The molecule has 0 spiro atoms. The molecule has 0 heterocycles. The van der Waals surface area contributed by atoms with E-state index < -0.39 is 10.0 Å². The third-order valence-electron chi connectivity index (χ3n) is 1.30. The molecule has 74 valence electrons. The van der Waals surface area contributed by atoms with Crippen molar-refractivity contribution in [2.45, 2.75) is 5.75 Å². The molecule has 0 aliphatic heterocycles. The predicted octanol–water partition coefficient (Wildman–Crippen LogP) is -1.60. The van der Waals surface area contributed by atoms with Crippen LogP contribution < -0.4 is 29.6 Å². The summed E-state index contributed by atoms with van der Waals surface area (Å²) in [5.41, 5.74) is 0.467. The second-order valence-corrected chi connectivity index (χ2v) is 4.28. The maximum absolute atomic E-state index is 10.6. The molecule has 1 rings (SSSR count). The second kappa shape index (κ2) is 6.79. The van der Waals surface area contributed by atoms with Crippen LogP contribution in [0, 0.1) is 0 Å². The second-order valence-electron chi connectivity index (χ2n) is 2.35. The minimum absolute atomic E-state index is 0. The Morgan fingerprint density at radius 3 is 2.21 bits per heavy atom. The van der Waals surface area contributed by atoms with Crippen molar-refractivity contribution >= 4 is 21.6 Å². The van der Waals surface area contributed by atoms with E-state index in [2.05, 4.69) is 0 Å². The Kier molecular flexibility index (Phi) is 8.15. The fraction of sp³-hybridized carbons (Fsp3) is 0.143. The number of rotatable bonds is 2. The first-order chi connectivity index (χ1) is 5.49. The van der Waals surface area contributed by atoms with E-state index in [1.165, 1.54) is 0 Å². The molecule has 7 heteroatoms. The van der Waals surface area contributed by atoms with Gasteiger partial charge in [-0.1, -0.05) is 29.8 Å². The molecule has 0 unspecified atom stereocenters. The zero-order valence-electron chi connectivity index (χ0n) is 7.62. The number of halogens is 1. The standard InChI is InChI=1S/C7H7ClNO2S.Na.H2O/c8-7-4-2-1-3-6(7)5-12(9,10)11;;/h1-4H,5H2,(H-,9,10,11);;1H2/q-1;+1;. The van der Waals surface area contributed by atoms with E-state index in [1.807, 2.05) is 0 Å². The summed E-state index contributed by atoms with van der Waals surface area (Å²) >= 11 is 5.68. The van der Waals surface area contributed by atoms with Crippen LogP contribution in [0.2, 0.25) is 5.02 Å². The van der Waals surface area contributed by atoms with E-state index in [-0.39, 0.29) is 40.8 Å². The Morgan fingerprint density at radius 1 is 1.29 bits per heavy atom. The fourth-order valence-corrected chi connectivity index (χ4v) is 1.76. The molecule has 0 bridgehead atoms. The zero-order chi connectivity index (χ0) is 9.19. The van der Waals surface area contributed by atoms with E-state index in [0.717, 1.165) is 0 Å². The zero-order valence-corrected chi connectivity index (χ0v) is 11.2. The van der Waals surface area contributed by atoms with E-state index in [4.69, 9.17) is 16.7 Å². The van der Waals surface area contributed by atoms with Gasteiger partial charge in [0.05, 0.1) is 15.8 Å². The van der Waals surface area contributed by atoms with Gasteiger partial charge in [-0.3, -0.25) is 0 Å². The first kappa shape index (κ1) is 16.8. The minimum Gasteiger partial charge on any atom is -0.564 e. The van der Waals surface area contributed by atoms with Crippen molar-refractivity contribution in [2.24, 2.45) is 0 Å². The minimum atomic E-state index is -3.73. The van der Waals surface area contributed by atoms with Crippen molar-refractivity contribution in [1.29, 1.82) is 0 Å². The molecule has 0 aliphatic carbocycles. The smallest absolute Gasteiger partial charge is 0.564 e. The number of hydrogen-bond donors (Lipinski definition) is 0. The van der Waals surface area contributed by atoms with Gasteiger partial charge in [-0.15, -0.1) is 0 Å².